The lowest BCUT2D eigenvalue weighted by atomic mass is 10.0. The Labute approximate surface area is 202 Å². The van der Waals surface area contributed by atoms with Gasteiger partial charge in [0, 0.05) is 11.9 Å². The number of fused-ring (bicyclic) bond motifs is 1. The number of anilines is 1. The monoisotopic (exact) mass is 466 g/mol. The van der Waals surface area contributed by atoms with Crippen LogP contribution in [0.2, 0.25) is 0 Å². The van der Waals surface area contributed by atoms with Crippen LogP contribution in [0, 0.1) is 6.92 Å². The van der Waals surface area contributed by atoms with E-state index >= 15 is 0 Å². The minimum absolute atomic E-state index is 0.0906. The lowest BCUT2D eigenvalue weighted by molar-refractivity contribution is 0.102. The van der Waals surface area contributed by atoms with Gasteiger partial charge in [0.2, 0.25) is 0 Å². The minimum Gasteiger partial charge on any atom is -0.322 e. The maximum absolute atomic E-state index is 13.2. The maximum atomic E-state index is 13.2. The average Bonchev–Trinajstić information content (AvgIpc) is 3.42. The summed E-state index contributed by atoms with van der Waals surface area (Å²) in [6, 6.07) is 20.9. The number of amides is 1. The molecule has 0 bridgehead atoms. The molecule has 0 aliphatic carbocycles. The van der Waals surface area contributed by atoms with Gasteiger partial charge in [0.05, 0.1) is 29.7 Å². The number of nitrogens with zero attached hydrogens (tertiary/aromatic N) is 5. The fraction of sp³-hybridized carbons (Fsp3) is 0.185. The zero-order valence-corrected chi connectivity index (χ0v) is 19.8. The van der Waals surface area contributed by atoms with Gasteiger partial charge in [-0.05, 0) is 54.8 Å². The molecule has 0 unspecified atom stereocenters. The van der Waals surface area contributed by atoms with Crippen molar-refractivity contribution in [3.8, 4) is 5.69 Å². The van der Waals surface area contributed by atoms with E-state index in [2.05, 4.69) is 15.5 Å². The van der Waals surface area contributed by atoms with Gasteiger partial charge < -0.3 is 5.32 Å². The molecule has 0 aliphatic heterocycles. The van der Waals surface area contributed by atoms with E-state index in [1.165, 1.54) is 9.08 Å². The van der Waals surface area contributed by atoms with Crippen LogP contribution in [0.3, 0.4) is 0 Å². The molecule has 3 aromatic heterocycles. The quantitative estimate of drug-likeness (QED) is 0.402. The molecular formula is C27H26N6O2. The number of hydrogen-bond donors (Lipinski definition) is 1. The predicted octanol–water partition coefficient (Wildman–Crippen LogP) is 4.41. The number of benzene rings is 2. The fourth-order valence-corrected chi connectivity index (χ4v) is 4.17. The van der Waals surface area contributed by atoms with Gasteiger partial charge in [-0.15, -0.1) is 5.10 Å². The van der Waals surface area contributed by atoms with E-state index in [9.17, 15) is 9.59 Å². The van der Waals surface area contributed by atoms with Crippen LogP contribution in [0.5, 0.6) is 0 Å². The SMILES string of the molecule is Cc1ccc(-n2ncc(C(=O)Nc3cccc(Cn4nc5ccccn5c4=O)c3)c2C(C)C)cc1. The minimum atomic E-state index is -0.228. The Bertz CT molecular complexity index is 1570. The molecule has 176 valence electrons. The average molecular weight is 467 g/mol. The second-order valence-corrected chi connectivity index (χ2v) is 8.87. The largest absolute Gasteiger partial charge is 0.350 e. The summed E-state index contributed by atoms with van der Waals surface area (Å²) < 4.78 is 4.74. The molecule has 0 aliphatic rings. The molecule has 0 spiro atoms. The van der Waals surface area contributed by atoms with Crippen LogP contribution in [0.15, 0.2) is 83.9 Å². The Kier molecular flexibility index (Phi) is 5.78. The van der Waals surface area contributed by atoms with Crippen LogP contribution >= 0.6 is 0 Å². The van der Waals surface area contributed by atoms with Crippen LogP contribution in [-0.4, -0.2) is 29.9 Å². The summed E-state index contributed by atoms with van der Waals surface area (Å²) in [5.74, 6) is -0.137. The van der Waals surface area contributed by atoms with Crippen molar-refractivity contribution in [2.24, 2.45) is 0 Å². The second kappa shape index (κ2) is 9.06. The number of pyridine rings is 1. The van der Waals surface area contributed by atoms with Crippen molar-refractivity contribution < 1.29 is 4.79 Å². The third-order valence-electron chi connectivity index (χ3n) is 5.88. The summed E-state index contributed by atoms with van der Waals surface area (Å²) in [6.45, 7) is 6.43. The van der Waals surface area contributed by atoms with Crippen molar-refractivity contribution >= 4 is 17.2 Å². The highest BCUT2D eigenvalue weighted by atomic mass is 16.2. The zero-order chi connectivity index (χ0) is 24.5. The number of nitrogens with one attached hydrogen (secondary N) is 1. The van der Waals surface area contributed by atoms with E-state index in [1.807, 2.05) is 80.1 Å². The molecule has 0 atom stereocenters. The fourth-order valence-electron chi connectivity index (χ4n) is 4.17. The zero-order valence-electron chi connectivity index (χ0n) is 19.8. The van der Waals surface area contributed by atoms with Crippen LogP contribution in [-0.2, 0) is 6.54 Å². The van der Waals surface area contributed by atoms with Gasteiger partial charge in [-0.2, -0.15) is 5.10 Å². The Morgan fingerprint density at radius 2 is 1.83 bits per heavy atom. The molecule has 5 rings (SSSR count). The summed E-state index contributed by atoms with van der Waals surface area (Å²) in [5, 5.41) is 11.9. The van der Waals surface area contributed by atoms with Gasteiger partial charge in [-0.1, -0.05) is 49.7 Å². The molecule has 1 N–H and O–H groups in total. The first-order chi connectivity index (χ1) is 16.9. The Hall–Kier alpha value is -4.46. The lowest BCUT2D eigenvalue weighted by Crippen LogP contribution is -2.21. The number of hydrogen-bond acceptors (Lipinski definition) is 4. The van der Waals surface area contributed by atoms with Gasteiger partial charge in [-0.3, -0.25) is 9.20 Å². The van der Waals surface area contributed by atoms with Gasteiger partial charge in [-0.25, -0.2) is 14.2 Å². The summed E-state index contributed by atoms with van der Waals surface area (Å²) in [7, 11) is 0. The molecule has 1 amide bonds. The number of carbonyl (C=O) groups is 1. The normalized spacial score (nSPS) is 11.3. The van der Waals surface area contributed by atoms with Crippen molar-refractivity contribution in [3.05, 3.63) is 112 Å². The van der Waals surface area contributed by atoms with E-state index in [4.69, 9.17) is 0 Å². The number of carbonyl (C=O) groups excluding carboxylic acids is 1. The van der Waals surface area contributed by atoms with Crippen molar-refractivity contribution in [1.29, 1.82) is 0 Å². The van der Waals surface area contributed by atoms with Crippen LogP contribution in [0.25, 0.3) is 11.3 Å². The van der Waals surface area contributed by atoms with Crippen LogP contribution < -0.4 is 11.0 Å². The summed E-state index contributed by atoms with van der Waals surface area (Å²) in [6.07, 6.45) is 3.31. The molecule has 8 nitrogen and oxygen atoms in total. The van der Waals surface area contributed by atoms with Gasteiger partial charge >= 0.3 is 5.69 Å². The highest BCUT2D eigenvalue weighted by Crippen LogP contribution is 2.24. The lowest BCUT2D eigenvalue weighted by Gasteiger charge is -2.13. The number of aromatic nitrogens is 5. The third kappa shape index (κ3) is 4.38. The van der Waals surface area contributed by atoms with E-state index in [-0.39, 0.29) is 17.5 Å². The molecule has 5 aromatic rings. The van der Waals surface area contributed by atoms with E-state index in [1.54, 1.807) is 24.5 Å². The molecule has 35 heavy (non-hydrogen) atoms. The molecule has 0 saturated carbocycles. The standard InChI is InChI=1S/C27H26N6O2/c1-18(2)25-23(16-28-33(25)22-12-10-19(3)11-13-22)26(34)29-21-8-6-7-20(15-21)17-32-27(35)31-14-5-4-9-24(31)30-32/h4-16,18H,17H2,1-3H3,(H,29,34). The summed E-state index contributed by atoms with van der Waals surface area (Å²) in [4.78, 5) is 25.8. The topological polar surface area (TPSA) is 86.2 Å². The first kappa shape index (κ1) is 22.3. The van der Waals surface area contributed by atoms with E-state index in [0.717, 1.165) is 22.5 Å². The van der Waals surface area contributed by atoms with Crippen LogP contribution in [0.1, 0.15) is 46.9 Å². The highest BCUT2D eigenvalue weighted by Gasteiger charge is 2.21. The molecule has 8 heteroatoms. The molecule has 3 heterocycles. The van der Waals surface area contributed by atoms with Gasteiger partial charge in [0.25, 0.3) is 5.91 Å². The molecular weight excluding hydrogens is 440 g/mol. The number of rotatable bonds is 6. The Morgan fingerprint density at radius 1 is 1.03 bits per heavy atom. The third-order valence-corrected chi connectivity index (χ3v) is 5.88. The van der Waals surface area contributed by atoms with Crippen molar-refractivity contribution in [1.82, 2.24) is 24.0 Å². The first-order valence-electron chi connectivity index (χ1n) is 11.5. The summed E-state index contributed by atoms with van der Waals surface area (Å²) in [5.41, 5.74) is 5.33. The predicted molar refractivity (Wildman–Crippen MR) is 135 cm³/mol. The van der Waals surface area contributed by atoms with Crippen molar-refractivity contribution in [2.45, 2.75) is 33.2 Å². The van der Waals surface area contributed by atoms with Gasteiger partial charge in [0.15, 0.2) is 5.65 Å². The summed E-state index contributed by atoms with van der Waals surface area (Å²) >= 11 is 0. The molecule has 0 saturated heterocycles. The maximum Gasteiger partial charge on any atom is 0.350 e. The van der Waals surface area contributed by atoms with Gasteiger partial charge in [0.1, 0.15) is 0 Å². The molecule has 0 fully saturated rings. The Balaban J connectivity index is 1.40. The molecule has 0 radical (unpaired) electrons. The highest BCUT2D eigenvalue weighted by molar-refractivity contribution is 6.05. The van der Waals surface area contributed by atoms with E-state index in [0.29, 0.717) is 23.4 Å². The van der Waals surface area contributed by atoms with Crippen molar-refractivity contribution in [3.63, 3.8) is 0 Å². The van der Waals surface area contributed by atoms with E-state index < -0.39 is 0 Å². The first-order valence-corrected chi connectivity index (χ1v) is 11.5. The Morgan fingerprint density at radius 3 is 2.57 bits per heavy atom. The smallest absolute Gasteiger partial charge is 0.322 e. The number of aryl methyl sites for hydroxylation is 1. The second-order valence-electron chi connectivity index (χ2n) is 8.87. The van der Waals surface area contributed by atoms with Crippen molar-refractivity contribution in [2.75, 3.05) is 5.32 Å². The van der Waals surface area contributed by atoms with Crippen LogP contribution in [0.4, 0.5) is 5.69 Å². The molecule has 2 aromatic carbocycles.